The van der Waals surface area contributed by atoms with Crippen molar-refractivity contribution < 1.29 is 30.7 Å². The molecule has 0 N–H and O–H groups in total. The summed E-state index contributed by atoms with van der Waals surface area (Å²) in [6, 6.07) is 4.78. The van der Waals surface area contributed by atoms with E-state index in [-0.39, 0.29) is 5.69 Å². The molecule has 11 heteroatoms. The molecular weight excluding hydrogens is 447 g/mol. The Labute approximate surface area is 155 Å². The molecule has 3 nitrogen and oxygen atoms in total. The van der Waals surface area contributed by atoms with Gasteiger partial charge < -0.3 is 0 Å². The topological polar surface area (TPSA) is 30.7 Å². The number of hydrogen-bond acceptors (Lipinski definition) is 2. The monoisotopic (exact) mass is 453 g/mol. The van der Waals surface area contributed by atoms with Crippen LogP contribution in [0.25, 0.3) is 16.9 Å². The molecule has 2 heterocycles. The zero-order chi connectivity index (χ0) is 20.0. The molecule has 1 aromatic carbocycles. The van der Waals surface area contributed by atoms with E-state index in [2.05, 4.69) is 26.0 Å². The molecule has 3 aromatic rings. The number of hydrogen-bond donors (Lipinski definition) is 0. The van der Waals surface area contributed by atoms with Crippen LogP contribution in [0.1, 0.15) is 5.69 Å². The number of aromatic nitrogens is 3. The summed E-state index contributed by atoms with van der Waals surface area (Å²) in [6.45, 7) is 0. The average molecular weight is 454 g/mol. The van der Waals surface area contributed by atoms with E-state index in [0.29, 0.717) is 15.2 Å². The van der Waals surface area contributed by atoms with Gasteiger partial charge in [0.2, 0.25) is 0 Å². The molecule has 0 fully saturated rings. The molecule has 0 radical (unpaired) electrons. The second-order valence-corrected chi connectivity index (χ2v) is 6.28. The van der Waals surface area contributed by atoms with Gasteiger partial charge in [0.15, 0.2) is 11.5 Å². The molecule has 3 rings (SSSR count). The zero-order valence-corrected chi connectivity index (χ0v) is 14.5. The van der Waals surface area contributed by atoms with Gasteiger partial charge >= 0.3 is 12.1 Å². The highest BCUT2D eigenvalue weighted by atomic mass is 79.9. The highest BCUT2D eigenvalue weighted by Crippen LogP contribution is 2.46. The van der Waals surface area contributed by atoms with Crippen LogP contribution in [0.15, 0.2) is 47.2 Å². The van der Waals surface area contributed by atoms with Crippen LogP contribution in [0.2, 0.25) is 0 Å². The largest absolute Gasteiger partial charge is 0.459 e. The van der Waals surface area contributed by atoms with E-state index in [4.69, 9.17) is 0 Å². The van der Waals surface area contributed by atoms with E-state index in [9.17, 15) is 30.7 Å². The Morgan fingerprint density at radius 2 is 1.67 bits per heavy atom. The molecule has 0 saturated heterocycles. The van der Waals surface area contributed by atoms with Crippen molar-refractivity contribution in [2.24, 2.45) is 0 Å². The van der Waals surface area contributed by atoms with Crippen molar-refractivity contribution in [1.82, 2.24) is 14.8 Å². The van der Waals surface area contributed by atoms with E-state index < -0.39 is 40.7 Å². The Morgan fingerprint density at radius 1 is 0.963 bits per heavy atom. The molecule has 0 spiro atoms. The van der Waals surface area contributed by atoms with Gasteiger partial charge in [-0.05, 0) is 24.3 Å². The normalized spacial score (nSPS) is 12.4. The maximum Gasteiger partial charge on any atom is 0.459 e. The predicted molar refractivity (Wildman–Crippen MR) is 84.4 cm³/mol. The van der Waals surface area contributed by atoms with E-state index >= 15 is 0 Å². The summed E-state index contributed by atoms with van der Waals surface area (Å²) in [7, 11) is 0. The molecule has 2 aromatic heterocycles. The fourth-order valence-corrected chi connectivity index (χ4v) is 2.61. The van der Waals surface area contributed by atoms with Crippen LogP contribution in [-0.2, 0) is 5.92 Å². The third-order valence-electron chi connectivity index (χ3n) is 3.52. The number of rotatable bonds is 3. The minimum Gasteiger partial charge on any atom is -0.256 e. The molecule has 0 atom stereocenters. The third kappa shape index (κ3) is 3.55. The molecule has 0 aliphatic rings. The molecule has 0 aliphatic heterocycles. The fourth-order valence-electron chi connectivity index (χ4n) is 2.27. The summed E-state index contributed by atoms with van der Waals surface area (Å²) in [6.07, 6.45) is -3.97. The van der Waals surface area contributed by atoms with Gasteiger partial charge in [-0.25, -0.2) is 13.5 Å². The number of alkyl halides is 5. The smallest absolute Gasteiger partial charge is 0.256 e. The van der Waals surface area contributed by atoms with Crippen molar-refractivity contribution in [3.8, 4) is 16.9 Å². The Balaban J connectivity index is 2.26. The summed E-state index contributed by atoms with van der Waals surface area (Å²) in [4.78, 5) is 3.77. The van der Waals surface area contributed by atoms with Crippen LogP contribution in [0, 0.1) is 11.6 Å². The number of halogens is 8. The van der Waals surface area contributed by atoms with Gasteiger partial charge in [-0.2, -0.15) is 27.1 Å². The maximum atomic E-state index is 14.0. The number of benzene rings is 1. The van der Waals surface area contributed by atoms with Crippen molar-refractivity contribution in [3.63, 3.8) is 0 Å². The van der Waals surface area contributed by atoms with Gasteiger partial charge in [-0.15, -0.1) is 0 Å². The lowest BCUT2D eigenvalue weighted by atomic mass is 10.1. The first-order valence-corrected chi connectivity index (χ1v) is 7.92. The summed E-state index contributed by atoms with van der Waals surface area (Å²) < 4.78 is 94.5. The van der Waals surface area contributed by atoms with Crippen LogP contribution >= 0.6 is 15.9 Å². The molecule has 0 amide bonds. The summed E-state index contributed by atoms with van der Waals surface area (Å²) in [5.74, 6) is -7.46. The van der Waals surface area contributed by atoms with Gasteiger partial charge in [-0.3, -0.25) is 4.98 Å². The third-order valence-corrected chi connectivity index (χ3v) is 4.02. The SMILES string of the molecule is Fc1ccc(-n2cc(-c3cc(Br)ccn3)c(C(F)(F)C(F)(F)F)n2)c(F)c1. The fraction of sp³-hybridized carbons (Fsp3) is 0.125. The van der Waals surface area contributed by atoms with Crippen molar-refractivity contribution in [2.75, 3.05) is 0 Å². The van der Waals surface area contributed by atoms with Gasteiger partial charge in [0.1, 0.15) is 11.5 Å². The lowest BCUT2D eigenvalue weighted by Crippen LogP contribution is -2.34. The highest BCUT2D eigenvalue weighted by Gasteiger charge is 2.61. The first-order chi connectivity index (χ1) is 12.5. The van der Waals surface area contributed by atoms with Crippen LogP contribution in [-0.4, -0.2) is 20.9 Å². The number of nitrogens with zero attached hydrogens (tertiary/aromatic N) is 3. The van der Waals surface area contributed by atoms with Gasteiger partial charge in [-0.1, -0.05) is 15.9 Å². The van der Waals surface area contributed by atoms with Crippen LogP contribution < -0.4 is 0 Å². The quantitative estimate of drug-likeness (QED) is 0.481. The molecule has 0 bridgehead atoms. The van der Waals surface area contributed by atoms with Crippen LogP contribution in [0.5, 0.6) is 0 Å². The van der Waals surface area contributed by atoms with Crippen LogP contribution in [0.3, 0.4) is 0 Å². The van der Waals surface area contributed by atoms with Crippen molar-refractivity contribution in [2.45, 2.75) is 12.1 Å². The summed E-state index contributed by atoms with van der Waals surface area (Å²) in [5.41, 5.74) is -3.04. The minimum atomic E-state index is -5.94. The van der Waals surface area contributed by atoms with Crippen molar-refractivity contribution in [3.05, 3.63) is 64.5 Å². The Bertz CT molecular complexity index is 998. The first kappa shape index (κ1) is 19.3. The van der Waals surface area contributed by atoms with E-state index in [1.54, 1.807) is 0 Å². The molecule has 142 valence electrons. The molecule has 0 saturated carbocycles. The highest BCUT2D eigenvalue weighted by molar-refractivity contribution is 9.10. The Kier molecular flexibility index (Phi) is 4.74. The second-order valence-electron chi connectivity index (χ2n) is 5.36. The Hall–Kier alpha value is -2.43. The predicted octanol–water partition coefficient (Wildman–Crippen LogP) is 5.63. The molecule has 0 aliphatic carbocycles. The summed E-state index contributed by atoms with van der Waals surface area (Å²) >= 11 is 3.07. The van der Waals surface area contributed by atoms with Gasteiger partial charge in [0.25, 0.3) is 0 Å². The van der Waals surface area contributed by atoms with Crippen molar-refractivity contribution >= 4 is 15.9 Å². The first-order valence-electron chi connectivity index (χ1n) is 7.13. The van der Waals surface area contributed by atoms with Crippen LogP contribution in [0.4, 0.5) is 30.7 Å². The maximum absolute atomic E-state index is 14.0. The molecular formula is C16H7BrF7N3. The van der Waals surface area contributed by atoms with E-state index in [1.165, 1.54) is 18.3 Å². The lowest BCUT2D eigenvalue weighted by molar-refractivity contribution is -0.290. The van der Waals surface area contributed by atoms with E-state index in [0.717, 1.165) is 18.3 Å². The molecule has 27 heavy (non-hydrogen) atoms. The zero-order valence-electron chi connectivity index (χ0n) is 12.9. The second kappa shape index (κ2) is 6.63. The van der Waals surface area contributed by atoms with E-state index in [1.807, 2.05) is 0 Å². The lowest BCUT2D eigenvalue weighted by Gasteiger charge is -2.18. The molecule has 0 unspecified atom stereocenters. The standard InChI is InChI=1S/C16H7BrF7N3/c17-8-3-4-25-12(5-8)10-7-27(13-2-1-9(18)6-11(13)19)26-14(10)15(20,21)16(22,23)24/h1-7H. The van der Waals surface area contributed by atoms with Gasteiger partial charge in [0.05, 0.1) is 5.69 Å². The average Bonchev–Trinajstić information content (AvgIpc) is 2.99. The minimum absolute atomic E-state index is 0.239. The Morgan fingerprint density at radius 3 is 2.26 bits per heavy atom. The van der Waals surface area contributed by atoms with Gasteiger partial charge in [0, 0.05) is 28.5 Å². The summed E-state index contributed by atoms with van der Waals surface area (Å²) in [5, 5.41) is 3.24. The number of pyridine rings is 1. The van der Waals surface area contributed by atoms with Crippen molar-refractivity contribution in [1.29, 1.82) is 0 Å².